The van der Waals surface area contributed by atoms with Crippen LogP contribution in [0.4, 0.5) is 10.5 Å². The lowest BCUT2D eigenvalue weighted by molar-refractivity contribution is 0.174. The standard InChI is InChI=1S/C19H21N3O3/c23-19(20-15-6-7-17-18(10-15)25-13-24-17)21-16-8-9-22(12-16)11-14-4-2-1-3-5-14/h1-7,10,16H,8-9,11-13H2,(H2,20,21,23)/t16-/m0/s1. The Balaban J connectivity index is 1.27. The first-order valence-corrected chi connectivity index (χ1v) is 8.50. The molecule has 0 bridgehead atoms. The summed E-state index contributed by atoms with van der Waals surface area (Å²) < 4.78 is 10.6. The van der Waals surface area contributed by atoms with E-state index in [2.05, 4.69) is 39.8 Å². The van der Waals surface area contributed by atoms with E-state index in [0.717, 1.165) is 26.1 Å². The summed E-state index contributed by atoms with van der Waals surface area (Å²) in [6.07, 6.45) is 0.960. The van der Waals surface area contributed by atoms with E-state index in [1.807, 2.05) is 12.1 Å². The number of carbonyl (C=O) groups is 1. The monoisotopic (exact) mass is 339 g/mol. The predicted molar refractivity (Wildman–Crippen MR) is 94.8 cm³/mol. The lowest BCUT2D eigenvalue weighted by Gasteiger charge is -2.17. The zero-order valence-electron chi connectivity index (χ0n) is 13.9. The van der Waals surface area contributed by atoms with E-state index in [1.54, 1.807) is 12.1 Å². The number of nitrogens with zero attached hydrogens (tertiary/aromatic N) is 1. The van der Waals surface area contributed by atoms with Gasteiger partial charge in [-0.05, 0) is 24.1 Å². The molecule has 2 aliphatic heterocycles. The first-order valence-electron chi connectivity index (χ1n) is 8.50. The largest absolute Gasteiger partial charge is 0.454 e. The zero-order valence-corrected chi connectivity index (χ0v) is 13.9. The molecule has 0 spiro atoms. The molecule has 2 aliphatic rings. The maximum Gasteiger partial charge on any atom is 0.319 e. The van der Waals surface area contributed by atoms with Gasteiger partial charge in [-0.15, -0.1) is 0 Å². The van der Waals surface area contributed by atoms with Crippen LogP contribution in [0.25, 0.3) is 0 Å². The van der Waals surface area contributed by atoms with Gasteiger partial charge in [0, 0.05) is 37.4 Å². The number of carbonyl (C=O) groups excluding carboxylic acids is 1. The second-order valence-electron chi connectivity index (χ2n) is 6.37. The van der Waals surface area contributed by atoms with E-state index in [4.69, 9.17) is 9.47 Å². The van der Waals surface area contributed by atoms with E-state index in [1.165, 1.54) is 5.56 Å². The van der Waals surface area contributed by atoms with Gasteiger partial charge in [-0.3, -0.25) is 4.90 Å². The molecule has 1 fully saturated rings. The van der Waals surface area contributed by atoms with Crippen LogP contribution < -0.4 is 20.1 Å². The van der Waals surface area contributed by atoms with Gasteiger partial charge < -0.3 is 20.1 Å². The predicted octanol–water partition coefficient (Wildman–Crippen LogP) is 2.81. The van der Waals surface area contributed by atoms with Crippen LogP contribution in [0, 0.1) is 0 Å². The minimum atomic E-state index is -0.189. The summed E-state index contributed by atoms with van der Waals surface area (Å²) in [5, 5.41) is 5.91. The fraction of sp³-hybridized carbons (Fsp3) is 0.316. The van der Waals surface area contributed by atoms with Crippen molar-refractivity contribution in [1.29, 1.82) is 0 Å². The van der Waals surface area contributed by atoms with Crippen molar-refractivity contribution in [3.63, 3.8) is 0 Å². The van der Waals surface area contributed by atoms with Gasteiger partial charge in [-0.1, -0.05) is 30.3 Å². The number of hydrogen-bond donors (Lipinski definition) is 2. The number of rotatable bonds is 4. The van der Waals surface area contributed by atoms with Crippen molar-refractivity contribution in [1.82, 2.24) is 10.2 Å². The van der Waals surface area contributed by atoms with Crippen molar-refractivity contribution in [3.8, 4) is 11.5 Å². The van der Waals surface area contributed by atoms with E-state index < -0.39 is 0 Å². The molecular formula is C19H21N3O3. The third kappa shape index (κ3) is 3.85. The van der Waals surface area contributed by atoms with Crippen LogP contribution >= 0.6 is 0 Å². The number of benzene rings is 2. The summed E-state index contributed by atoms with van der Waals surface area (Å²) in [5.74, 6) is 1.37. The molecule has 1 saturated heterocycles. The first kappa shape index (κ1) is 15.8. The zero-order chi connectivity index (χ0) is 17.1. The van der Waals surface area contributed by atoms with Crippen LogP contribution in [0.3, 0.4) is 0 Å². The maximum absolute atomic E-state index is 12.2. The van der Waals surface area contributed by atoms with Gasteiger partial charge in [0.15, 0.2) is 11.5 Å². The molecule has 1 atom stereocenters. The SMILES string of the molecule is O=C(Nc1ccc2c(c1)OCO2)N[C@H]1CCN(Cc2ccccc2)C1. The molecule has 0 unspecified atom stereocenters. The Morgan fingerprint density at radius 2 is 1.96 bits per heavy atom. The Hall–Kier alpha value is -2.73. The minimum absolute atomic E-state index is 0.165. The molecule has 0 radical (unpaired) electrons. The van der Waals surface area contributed by atoms with Gasteiger partial charge in [0.2, 0.25) is 6.79 Å². The summed E-state index contributed by atoms with van der Waals surface area (Å²) in [6, 6.07) is 15.8. The van der Waals surface area contributed by atoms with E-state index in [-0.39, 0.29) is 18.9 Å². The molecule has 2 aromatic rings. The molecule has 6 heteroatoms. The normalized spacial score (nSPS) is 19.0. The highest BCUT2D eigenvalue weighted by Crippen LogP contribution is 2.34. The Labute approximate surface area is 146 Å². The molecule has 2 heterocycles. The number of nitrogens with one attached hydrogen (secondary N) is 2. The molecule has 0 aliphatic carbocycles. The molecular weight excluding hydrogens is 318 g/mol. The van der Waals surface area contributed by atoms with E-state index in [9.17, 15) is 4.79 Å². The Morgan fingerprint density at radius 3 is 2.84 bits per heavy atom. The fourth-order valence-electron chi connectivity index (χ4n) is 3.26. The van der Waals surface area contributed by atoms with Gasteiger partial charge in [-0.2, -0.15) is 0 Å². The van der Waals surface area contributed by atoms with Crippen molar-refractivity contribution in [2.75, 3.05) is 25.2 Å². The molecule has 130 valence electrons. The quantitative estimate of drug-likeness (QED) is 0.899. The second-order valence-corrected chi connectivity index (χ2v) is 6.37. The highest BCUT2D eigenvalue weighted by molar-refractivity contribution is 5.89. The lowest BCUT2D eigenvalue weighted by atomic mass is 10.2. The van der Waals surface area contributed by atoms with Crippen molar-refractivity contribution in [3.05, 3.63) is 54.1 Å². The number of urea groups is 1. The number of fused-ring (bicyclic) bond motifs is 1. The minimum Gasteiger partial charge on any atom is -0.454 e. The summed E-state index contributed by atoms with van der Waals surface area (Å²) in [6.45, 7) is 3.00. The summed E-state index contributed by atoms with van der Waals surface area (Å²) in [7, 11) is 0. The van der Waals surface area contributed by atoms with Crippen LogP contribution in [0.1, 0.15) is 12.0 Å². The van der Waals surface area contributed by atoms with Crippen LogP contribution in [-0.2, 0) is 6.54 Å². The van der Waals surface area contributed by atoms with Gasteiger partial charge in [0.05, 0.1) is 0 Å². The van der Waals surface area contributed by atoms with Gasteiger partial charge in [0.25, 0.3) is 0 Å². The molecule has 4 rings (SSSR count). The van der Waals surface area contributed by atoms with E-state index >= 15 is 0 Å². The van der Waals surface area contributed by atoms with Crippen LogP contribution in [0.15, 0.2) is 48.5 Å². The van der Waals surface area contributed by atoms with Crippen LogP contribution in [0.5, 0.6) is 11.5 Å². The number of hydrogen-bond acceptors (Lipinski definition) is 4. The van der Waals surface area contributed by atoms with Gasteiger partial charge >= 0.3 is 6.03 Å². The number of likely N-dealkylation sites (tertiary alicyclic amines) is 1. The Bertz CT molecular complexity index is 751. The van der Waals surface area contributed by atoms with Gasteiger partial charge in [-0.25, -0.2) is 4.79 Å². The highest BCUT2D eigenvalue weighted by Gasteiger charge is 2.24. The smallest absolute Gasteiger partial charge is 0.319 e. The molecule has 0 saturated carbocycles. The molecule has 6 nitrogen and oxygen atoms in total. The lowest BCUT2D eigenvalue weighted by Crippen LogP contribution is -2.39. The number of amides is 2. The fourth-order valence-corrected chi connectivity index (χ4v) is 3.26. The third-order valence-electron chi connectivity index (χ3n) is 4.49. The average Bonchev–Trinajstić information content (AvgIpc) is 3.24. The number of anilines is 1. The second kappa shape index (κ2) is 7.03. The highest BCUT2D eigenvalue weighted by atomic mass is 16.7. The molecule has 2 aromatic carbocycles. The number of ether oxygens (including phenoxy) is 2. The topological polar surface area (TPSA) is 62.8 Å². The van der Waals surface area contributed by atoms with E-state index in [0.29, 0.717) is 17.2 Å². The van der Waals surface area contributed by atoms with Crippen molar-refractivity contribution in [2.45, 2.75) is 19.0 Å². The van der Waals surface area contributed by atoms with Crippen molar-refractivity contribution in [2.24, 2.45) is 0 Å². The summed E-state index contributed by atoms with van der Waals surface area (Å²) in [4.78, 5) is 14.6. The molecule has 25 heavy (non-hydrogen) atoms. The molecule has 0 aromatic heterocycles. The molecule has 2 N–H and O–H groups in total. The van der Waals surface area contributed by atoms with Gasteiger partial charge in [0.1, 0.15) is 0 Å². The first-order chi connectivity index (χ1) is 12.3. The average molecular weight is 339 g/mol. The Morgan fingerprint density at radius 1 is 1.12 bits per heavy atom. The third-order valence-corrected chi connectivity index (χ3v) is 4.49. The van der Waals surface area contributed by atoms with Crippen LogP contribution in [0.2, 0.25) is 0 Å². The molecule has 2 amide bonds. The summed E-state index contributed by atoms with van der Waals surface area (Å²) in [5.41, 5.74) is 1.99. The summed E-state index contributed by atoms with van der Waals surface area (Å²) >= 11 is 0. The maximum atomic E-state index is 12.2. The Kier molecular flexibility index (Phi) is 4.43. The van der Waals surface area contributed by atoms with Crippen molar-refractivity contribution < 1.29 is 14.3 Å². The van der Waals surface area contributed by atoms with Crippen molar-refractivity contribution >= 4 is 11.7 Å². The van der Waals surface area contributed by atoms with Crippen LogP contribution in [-0.4, -0.2) is 36.9 Å².